The number of terminal acetylenes is 1. The maximum absolute atomic E-state index is 6.57. The van der Waals surface area contributed by atoms with Crippen LogP contribution < -0.4 is 10.2 Å². The van der Waals surface area contributed by atoms with E-state index in [4.69, 9.17) is 39.6 Å². The van der Waals surface area contributed by atoms with Crippen molar-refractivity contribution in [1.82, 2.24) is 34.4 Å². The molecule has 9 nitrogen and oxygen atoms in total. The van der Waals surface area contributed by atoms with Gasteiger partial charge in [-0.25, -0.2) is 24.9 Å². The lowest BCUT2D eigenvalue weighted by molar-refractivity contribution is 0.246. The van der Waals surface area contributed by atoms with Gasteiger partial charge < -0.3 is 19.7 Å². The molecule has 11 heteroatoms. The molecule has 5 heterocycles. The average molecular weight is 643 g/mol. The predicted octanol–water partition coefficient (Wildman–Crippen LogP) is 6.39. The number of benzene rings is 1. The van der Waals surface area contributed by atoms with Crippen LogP contribution in [0.25, 0.3) is 22.6 Å². The number of halogens is 2. The first kappa shape index (κ1) is 30.0. The molecule has 0 radical (unpaired) electrons. The topological polar surface area (TPSA) is 87.9 Å². The first-order valence-electron chi connectivity index (χ1n) is 15.8. The molecule has 1 aliphatic carbocycles. The van der Waals surface area contributed by atoms with Crippen molar-refractivity contribution in [3.8, 4) is 35.0 Å². The van der Waals surface area contributed by atoms with Gasteiger partial charge in [-0.05, 0) is 94.8 Å². The summed E-state index contributed by atoms with van der Waals surface area (Å²) in [7, 11) is 2.20. The van der Waals surface area contributed by atoms with E-state index >= 15 is 0 Å². The van der Waals surface area contributed by atoms with E-state index in [9.17, 15) is 0 Å². The Morgan fingerprint density at radius 2 is 1.67 bits per heavy atom. The van der Waals surface area contributed by atoms with Gasteiger partial charge >= 0.3 is 0 Å². The van der Waals surface area contributed by atoms with E-state index in [1.165, 1.54) is 0 Å². The lowest BCUT2D eigenvalue weighted by Gasteiger charge is -2.34. The summed E-state index contributed by atoms with van der Waals surface area (Å²) in [5, 5.41) is 4.52. The van der Waals surface area contributed by atoms with Gasteiger partial charge in [0.1, 0.15) is 11.6 Å². The monoisotopic (exact) mass is 641 g/mol. The highest BCUT2D eigenvalue weighted by atomic mass is 35.5. The number of hydrogen-bond donors (Lipinski definition) is 1. The molecule has 1 aromatic carbocycles. The second-order valence-electron chi connectivity index (χ2n) is 12.5. The number of aromatic nitrogens is 6. The van der Waals surface area contributed by atoms with E-state index in [-0.39, 0.29) is 0 Å². The van der Waals surface area contributed by atoms with Crippen LogP contribution in [0.2, 0.25) is 10.0 Å². The van der Waals surface area contributed by atoms with Crippen molar-refractivity contribution < 1.29 is 0 Å². The Kier molecular flexibility index (Phi) is 8.63. The zero-order valence-electron chi connectivity index (χ0n) is 25.5. The number of nitrogens with zero attached hydrogens (tertiary/aromatic N) is 8. The fourth-order valence-electron chi connectivity index (χ4n) is 6.51. The highest BCUT2D eigenvalue weighted by Crippen LogP contribution is 2.40. The van der Waals surface area contributed by atoms with E-state index in [0.717, 1.165) is 106 Å². The zero-order valence-corrected chi connectivity index (χ0v) is 27.0. The van der Waals surface area contributed by atoms with Crippen LogP contribution in [0, 0.1) is 18.3 Å². The van der Waals surface area contributed by atoms with E-state index in [1.807, 2.05) is 36.5 Å². The Labute approximate surface area is 274 Å². The molecule has 0 spiro atoms. The molecule has 4 aromatic rings. The van der Waals surface area contributed by atoms with Crippen molar-refractivity contribution in [2.45, 2.75) is 57.0 Å². The summed E-state index contributed by atoms with van der Waals surface area (Å²) < 4.78 is 2.47. The van der Waals surface area contributed by atoms with E-state index in [0.29, 0.717) is 39.7 Å². The van der Waals surface area contributed by atoms with Gasteiger partial charge in [-0.1, -0.05) is 29.3 Å². The van der Waals surface area contributed by atoms with Crippen molar-refractivity contribution in [2.24, 2.45) is 5.92 Å². The maximum Gasteiger partial charge on any atom is 0.223 e. The average Bonchev–Trinajstić information content (AvgIpc) is 3.81. The van der Waals surface area contributed by atoms with Crippen LogP contribution in [0.4, 0.5) is 11.8 Å². The molecule has 3 aromatic heterocycles. The third kappa shape index (κ3) is 6.64. The Balaban J connectivity index is 1.27. The fraction of sp³-hybridized carbons (Fsp3) is 0.441. The van der Waals surface area contributed by atoms with E-state index in [2.05, 4.69) is 47.6 Å². The van der Waals surface area contributed by atoms with Crippen LogP contribution >= 0.6 is 23.2 Å². The van der Waals surface area contributed by atoms with Gasteiger partial charge in [0, 0.05) is 49.6 Å². The number of nitrogens with one attached hydrogen (secondary N) is 1. The van der Waals surface area contributed by atoms with Crippen molar-refractivity contribution in [2.75, 3.05) is 43.4 Å². The number of piperidine rings is 2. The Morgan fingerprint density at radius 1 is 0.889 bits per heavy atom. The molecule has 3 aliphatic rings. The molecule has 0 atom stereocenters. The lowest BCUT2D eigenvalue weighted by Crippen LogP contribution is -2.36. The standard InChI is InChI=1S/C34H37Cl2N9/c1-3-29-37-15-9-30(41-29)44-18-10-22(11-19-44)21-45-32(28-8-14-38-34(40-28)39-25-5-6-25)31(24-4-7-26(35)27(36)20-24)42-33(45)23-12-16-43(2)17-13-23/h1,4,7-9,14-15,20,22-23,25H,5-6,10-13,16-19,21H2,2H3,(H,38,39,40). The van der Waals surface area contributed by atoms with Gasteiger partial charge in [-0.2, -0.15) is 0 Å². The van der Waals surface area contributed by atoms with Crippen LogP contribution in [0.15, 0.2) is 42.7 Å². The van der Waals surface area contributed by atoms with Crippen LogP contribution in [-0.2, 0) is 6.54 Å². The van der Waals surface area contributed by atoms with Gasteiger partial charge in [0.25, 0.3) is 0 Å². The highest BCUT2D eigenvalue weighted by Gasteiger charge is 2.31. The SMILES string of the molecule is C#Cc1nccc(N2CCC(Cn3c(C4CCN(C)CC4)nc(-c4ccc(Cl)c(Cl)c4)c3-c3ccnc(NC4CC4)n3)CC2)n1. The summed E-state index contributed by atoms with van der Waals surface area (Å²) in [6.45, 7) is 4.77. The molecule has 7 rings (SSSR count). The molecule has 3 fully saturated rings. The predicted molar refractivity (Wildman–Crippen MR) is 180 cm³/mol. The summed E-state index contributed by atoms with van der Waals surface area (Å²) in [6, 6.07) is 10.2. The summed E-state index contributed by atoms with van der Waals surface area (Å²) in [6.07, 6.45) is 15.6. The van der Waals surface area contributed by atoms with Crippen molar-refractivity contribution in [3.63, 3.8) is 0 Å². The highest BCUT2D eigenvalue weighted by molar-refractivity contribution is 6.42. The lowest BCUT2D eigenvalue weighted by atomic mass is 9.94. The second-order valence-corrected chi connectivity index (χ2v) is 13.3. The summed E-state index contributed by atoms with van der Waals surface area (Å²) in [5.41, 5.74) is 3.70. The molecule has 1 saturated carbocycles. The minimum absolute atomic E-state index is 0.352. The van der Waals surface area contributed by atoms with Crippen LogP contribution in [0.5, 0.6) is 0 Å². The number of imidazole rings is 1. The third-order valence-corrected chi connectivity index (χ3v) is 9.97. The van der Waals surface area contributed by atoms with E-state index in [1.54, 1.807) is 6.20 Å². The summed E-state index contributed by atoms with van der Waals surface area (Å²) in [5.74, 6) is 6.48. The van der Waals surface area contributed by atoms with Gasteiger partial charge in [-0.15, -0.1) is 6.42 Å². The summed E-state index contributed by atoms with van der Waals surface area (Å²) >= 11 is 12.9. The van der Waals surface area contributed by atoms with Gasteiger partial charge in [0.2, 0.25) is 11.8 Å². The van der Waals surface area contributed by atoms with Crippen molar-refractivity contribution >= 4 is 35.0 Å². The number of anilines is 2. The molecule has 45 heavy (non-hydrogen) atoms. The molecular weight excluding hydrogens is 605 g/mol. The van der Waals surface area contributed by atoms with Gasteiger partial charge in [0.05, 0.1) is 27.1 Å². The molecule has 2 aliphatic heterocycles. The molecule has 0 bridgehead atoms. The summed E-state index contributed by atoms with van der Waals surface area (Å²) in [4.78, 5) is 28.5. The fourth-order valence-corrected chi connectivity index (χ4v) is 6.80. The minimum atomic E-state index is 0.352. The first-order valence-corrected chi connectivity index (χ1v) is 16.6. The third-order valence-electron chi connectivity index (χ3n) is 9.23. The molecule has 0 unspecified atom stereocenters. The molecule has 1 N–H and O–H groups in total. The second kappa shape index (κ2) is 13.0. The number of rotatable bonds is 8. The van der Waals surface area contributed by atoms with Crippen molar-refractivity contribution in [3.05, 3.63) is 64.4 Å². The Morgan fingerprint density at radius 3 is 2.40 bits per heavy atom. The maximum atomic E-state index is 6.57. The van der Waals surface area contributed by atoms with Gasteiger partial charge in [0.15, 0.2) is 0 Å². The first-order chi connectivity index (χ1) is 21.9. The van der Waals surface area contributed by atoms with Crippen LogP contribution in [-0.4, -0.2) is 73.7 Å². The van der Waals surface area contributed by atoms with Crippen LogP contribution in [0.1, 0.15) is 56.1 Å². The molecule has 0 amide bonds. The number of likely N-dealkylation sites (tertiary alicyclic amines) is 1. The normalized spacial score (nSPS) is 18.2. The Bertz CT molecular complexity index is 1710. The Hall–Kier alpha value is -3.71. The van der Waals surface area contributed by atoms with Gasteiger partial charge in [-0.3, -0.25) is 0 Å². The minimum Gasteiger partial charge on any atom is -0.356 e. The smallest absolute Gasteiger partial charge is 0.223 e. The largest absolute Gasteiger partial charge is 0.356 e. The van der Waals surface area contributed by atoms with E-state index < -0.39 is 0 Å². The van der Waals surface area contributed by atoms with Crippen LogP contribution in [0.3, 0.4) is 0 Å². The number of hydrogen-bond acceptors (Lipinski definition) is 8. The molecule has 232 valence electrons. The van der Waals surface area contributed by atoms with Crippen molar-refractivity contribution in [1.29, 1.82) is 0 Å². The molecular formula is C34H37Cl2N9. The quantitative estimate of drug-likeness (QED) is 0.222. The molecule has 2 saturated heterocycles. The zero-order chi connectivity index (χ0) is 30.9.